The Morgan fingerprint density at radius 3 is 2.34 bits per heavy atom. The normalized spacial score (nSPS) is 12.7. The molecule has 1 aromatic carbocycles. The van der Waals surface area contributed by atoms with Crippen LogP contribution in [-0.4, -0.2) is 47.8 Å². The van der Waals surface area contributed by atoms with Crippen molar-refractivity contribution in [2.75, 3.05) is 6.67 Å². The zero-order valence-electron chi connectivity index (χ0n) is 22.8. The van der Waals surface area contributed by atoms with E-state index in [1.54, 1.807) is 39.8 Å². The van der Waals surface area contributed by atoms with E-state index in [0.29, 0.717) is 25.0 Å². The summed E-state index contributed by atoms with van der Waals surface area (Å²) in [6.45, 7) is 8.73. The number of nitrogens with zero attached hydrogens (tertiary/aromatic N) is 1. The van der Waals surface area contributed by atoms with Gasteiger partial charge < -0.3 is 24.6 Å². The highest BCUT2D eigenvalue weighted by Gasteiger charge is 2.34. The summed E-state index contributed by atoms with van der Waals surface area (Å²) in [5.41, 5.74) is 0.0352. The second-order valence-electron chi connectivity index (χ2n) is 9.85. The molecule has 0 aliphatic heterocycles. The number of nitrogens with one attached hydrogen (secondary N) is 2. The predicted octanol–water partition coefficient (Wildman–Crippen LogP) is 5.05. The fourth-order valence-electron chi connectivity index (χ4n) is 3.92. The molecule has 0 radical (unpaired) electrons. The molecule has 0 spiro atoms. The first-order valence-electron chi connectivity index (χ1n) is 12.9. The standard InChI is InChI=1S/C28H39N3O7/c1-6-8-10-15-21(22(7-2)31(19-32)38-27(35)37-28(3,4)5)25(33)29-18-30-26(34)24-17-16-23(36-24)20-13-11-9-12-14-20/h9,11-14,16-17,19,21-22H,6-8,10,15,18H2,1-5H3,(H,29,33)(H,30,34)/t21-,22-/m1/s1. The summed E-state index contributed by atoms with van der Waals surface area (Å²) in [6.07, 6.45) is 2.75. The van der Waals surface area contributed by atoms with Crippen molar-refractivity contribution >= 4 is 24.4 Å². The number of carbonyl (C=O) groups excluding carboxylic acids is 4. The molecule has 1 heterocycles. The Morgan fingerprint density at radius 1 is 1.03 bits per heavy atom. The van der Waals surface area contributed by atoms with E-state index in [1.165, 1.54) is 0 Å². The van der Waals surface area contributed by atoms with Gasteiger partial charge in [0.05, 0.1) is 18.6 Å². The van der Waals surface area contributed by atoms with E-state index in [1.807, 2.05) is 37.3 Å². The van der Waals surface area contributed by atoms with Crippen LogP contribution in [0.3, 0.4) is 0 Å². The minimum absolute atomic E-state index is 0.113. The average Bonchev–Trinajstić information content (AvgIpc) is 3.37. The van der Waals surface area contributed by atoms with Gasteiger partial charge in [0, 0.05) is 5.56 Å². The van der Waals surface area contributed by atoms with Gasteiger partial charge in [0.2, 0.25) is 12.3 Å². The van der Waals surface area contributed by atoms with E-state index in [2.05, 4.69) is 10.6 Å². The summed E-state index contributed by atoms with van der Waals surface area (Å²) >= 11 is 0. The molecule has 2 N–H and O–H groups in total. The summed E-state index contributed by atoms with van der Waals surface area (Å²) < 4.78 is 10.8. The molecule has 0 fully saturated rings. The molecular formula is C28H39N3O7. The van der Waals surface area contributed by atoms with Gasteiger partial charge in [0.1, 0.15) is 11.4 Å². The minimum atomic E-state index is -1.03. The van der Waals surface area contributed by atoms with Gasteiger partial charge in [-0.1, -0.05) is 63.4 Å². The molecule has 0 aliphatic rings. The fraction of sp³-hybridized carbons (Fsp3) is 0.500. The van der Waals surface area contributed by atoms with E-state index in [0.717, 1.165) is 29.9 Å². The maximum Gasteiger partial charge on any atom is 0.534 e. The predicted molar refractivity (Wildman–Crippen MR) is 142 cm³/mol. The second kappa shape index (κ2) is 14.8. The number of carbonyl (C=O) groups is 4. The molecule has 0 bridgehead atoms. The molecule has 1 aromatic heterocycles. The molecular weight excluding hydrogens is 490 g/mol. The summed E-state index contributed by atoms with van der Waals surface area (Å²) in [4.78, 5) is 54.9. The first kappa shape index (κ1) is 30.4. The number of rotatable bonds is 14. The molecule has 208 valence electrons. The van der Waals surface area contributed by atoms with Crippen molar-refractivity contribution < 1.29 is 33.2 Å². The van der Waals surface area contributed by atoms with Gasteiger partial charge in [-0.3, -0.25) is 14.4 Å². The molecule has 2 aromatic rings. The van der Waals surface area contributed by atoms with Crippen molar-refractivity contribution in [3.63, 3.8) is 0 Å². The van der Waals surface area contributed by atoms with Gasteiger partial charge in [-0.25, -0.2) is 4.79 Å². The van der Waals surface area contributed by atoms with Crippen LogP contribution in [-0.2, 0) is 19.2 Å². The van der Waals surface area contributed by atoms with Crippen molar-refractivity contribution in [1.82, 2.24) is 15.7 Å². The lowest BCUT2D eigenvalue weighted by Crippen LogP contribution is -2.49. The van der Waals surface area contributed by atoms with Crippen LogP contribution in [0, 0.1) is 5.92 Å². The second-order valence-corrected chi connectivity index (χ2v) is 9.85. The van der Waals surface area contributed by atoms with Gasteiger partial charge in [-0.05, 0) is 45.7 Å². The molecule has 0 unspecified atom stereocenters. The fourth-order valence-corrected chi connectivity index (χ4v) is 3.92. The van der Waals surface area contributed by atoms with Crippen molar-refractivity contribution in [2.24, 2.45) is 5.92 Å². The van der Waals surface area contributed by atoms with Gasteiger partial charge >= 0.3 is 6.16 Å². The summed E-state index contributed by atoms with van der Waals surface area (Å²) in [6, 6.07) is 11.9. The van der Waals surface area contributed by atoms with Crippen LogP contribution in [0.5, 0.6) is 0 Å². The number of amides is 3. The Labute approximate surface area is 224 Å². The van der Waals surface area contributed by atoms with Crippen LogP contribution in [0.2, 0.25) is 0 Å². The molecule has 3 amide bonds. The number of furan rings is 1. The molecule has 10 heteroatoms. The Hall–Kier alpha value is -3.82. The number of benzene rings is 1. The van der Waals surface area contributed by atoms with Crippen LogP contribution >= 0.6 is 0 Å². The van der Waals surface area contributed by atoms with Gasteiger partial charge in [-0.2, -0.15) is 5.06 Å². The number of ether oxygens (including phenoxy) is 1. The zero-order valence-corrected chi connectivity index (χ0v) is 22.8. The largest absolute Gasteiger partial charge is 0.534 e. The van der Waals surface area contributed by atoms with Crippen LogP contribution in [0.1, 0.15) is 77.3 Å². The number of hydrogen-bond donors (Lipinski definition) is 2. The Bertz CT molecular complexity index is 1050. The number of hydroxylamine groups is 2. The molecule has 2 atom stereocenters. The number of hydrogen-bond acceptors (Lipinski definition) is 7. The zero-order chi connectivity index (χ0) is 28.1. The van der Waals surface area contributed by atoms with Crippen LogP contribution < -0.4 is 10.6 Å². The van der Waals surface area contributed by atoms with E-state index >= 15 is 0 Å². The smallest absolute Gasteiger partial charge is 0.451 e. The minimum Gasteiger partial charge on any atom is -0.451 e. The average molecular weight is 530 g/mol. The first-order chi connectivity index (χ1) is 18.1. The Kier molecular flexibility index (Phi) is 11.8. The van der Waals surface area contributed by atoms with Crippen LogP contribution in [0.15, 0.2) is 46.9 Å². The molecule has 38 heavy (non-hydrogen) atoms. The Morgan fingerprint density at radius 2 is 1.74 bits per heavy atom. The van der Waals surface area contributed by atoms with Crippen molar-refractivity contribution in [3.8, 4) is 11.3 Å². The monoisotopic (exact) mass is 529 g/mol. The van der Waals surface area contributed by atoms with E-state index in [-0.39, 0.29) is 18.3 Å². The summed E-state index contributed by atoms with van der Waals surface area (Å²) in [5, 5.41) is 6.17. The third kappa shape index (κ3) is 9.57. The maximum absolute atomic E-state index is 13.2. The van der Waals surface area contributed by atoms with Gasteiger partial charge in [-0.15, -0.1) is 0 Å². The third-order valence-corrected chi connectivity index (χ3v) is 5.74. The first-order valence-corrected chi connectivity index (χ1v) is 12.9. The topological polar surface area (TPSA) is 127 Å². The highest BCUT2D eigenvalue weighted by Crippen LogP contribution is 2.23. The Balaban J connectivity index is 2.03. The summed E-state index contributed by atoms with van der Waals surface area (Å²) in [7, 11) is 0. The third-order valence-electron chi connectivity index (χ3n) is 5.74. The van der Waals surface area contributed by atoms with Gasteiger partial charge in [0.15, 0.2) is 5.76 Å². The number of unbranched alkanes of at least 4 members (excludes halogenated alkanes) is 2. The highest BCUT2D eigenvalue weighted by atomic mass is 16.8. The lowest BCUT2D eigenvalue weighted by Gasteiger charge is -2.32. The highest BCUT2D eigenvalue weighted by molar-refractivity contribution is 5.92. The SMILES string of the molecule is CCCCC[C@@H](C(=O)NCNC(=O)c1ccc(-c2ccccc2)o1)[C@@H](CC)N(C=O)OC(=O)OC(C)(C)C. The maximum atomic E-state index is 13.2. The van der Waals surface area contributed by atoms with Crippen LogP contribution in [0.25, 0.3) is 11.3 Å². The molecule has 10 nitrogen and oxygen atoms in total. The molecule has 0 saturated carbocycles. The lowest BCUT2D eigenvalue weighted by molar-refractivity contribution is -0.182. The van der Waals surface area contributed by atoms with E-state index < -0.39 is 29.6 Å². The molecule has 2 rings (SSSR count). The van der Waals surface area contributed by atoms with E-state index in [4.69, 9.17) is 14.0 Å². The molecule has 0 aliphatic carbocycles. The van der Waals surface area contributed by atoms with Crippen molar-refractivity contribution in [2.45, 2.75) is 78.4 Å². The summed E-state index contributed by atoms with van der Waals surface area (Å²) in [5.74, 6) is -0.867. The van der Waals surface area contributed by atoms with Crippen molar-refractivity contribution in [1.29, 1.82) is 0 Å². The van der Waals surface area contributed by atoms with Crippen molar-refractivity contribution in [3.05, 3.63) is 48.2 Å². The quantitative estimate of drug-likeness (QED) is 0.115. The lowest BCUT2D eigenvalue weighted by atomic mass is 9.90. The van der Waals surface area contributed by atoms with Gasteiger partial charge in [0.25, 0.3) is 5.91 Å². The molecule has 0 saturated heterocycles. The van der Waals surface area contributed by atoms with E-state index in [9.17, 15) is 19.2 Å². The van der Waals surface area contributed by atoms with Crippen LogP contribution in [0.4, 0.5) is 4.79 Å².